The van der Waals surface area contributed by atoms with E-state index in [0.717, 1.165) is 44.4 Å². The predicted molar refractivity (Wildman–Crippen MR) is 107 cm³/mol. The molecule has 8 heteroatoms. The third-order valence-corrected chi connectivity index (χ3v) is 7.87. The fourth-order valence-electron chi connectivity index (χ4n) is 4.15. The molecule has 0 saturated carbocycles. The molecule has 0 amide bonds. The van der Waals surface area contributed by atoms with Gasteiger partial charge in [0.2, 0.25) is 0 Å². The van der Waals surface area contributed by atoms with Gasteiger partial charge in [-0.2, -0.15) is 5.10 Å². The SMILES string of the molecule is CCc1cc2c(s1)CCOC21CCNC(c2cnn(CCS(C)(=O)=O)c2)C1. The molecule has 2 aromatic rings. The van der Waals surface area contributed by atoms with Crippen LogP contribution in [0.2, 0.25) is 0 Å². The first kappa shape index (κ1) is 19.1. The van der Waals surface area contributed by atoms with Gasteiger partial charge < -0.3 is 10.1 Å². The molecular weight excluding hydrogens is 382 g/mol. The summed E-state index contributed by atoms with van der Waals surface area (Å²) in [5.41, 5.74) is 2.29. The summed E-state index contributed by atoms with van der Waals surface area (Å²) in [7, 11) is -2.99. The molecule has 0 aromatic carbocycles. The van der Waals surface area contributed by atoms with E-state index in [1.165, 1.54) is 21.6 Å². The van der Waals surface area contributed by atoms with Crippen molar-refractivity contribution in [1.29, 1.82) is 0 Å². The lowest BCUT2D eigenvalue weighted by Gasteiger charge is -2.43. The molecule has 27 heavy (non-hydrogen) atoms. The highest BCUT2D eigenvalue weighted by atomic mass is 32.2. The molecule has 4 rings (SSSR count). The lowest BCUT2D eigenvalue weighted by molar-refractivity contribution is -0.0889. The molecule has 2 aliphatic rings. The minimum absolute atomic E-state index is 0.108. The summed E-state index contributed by atoms with van der Waals surface area (Å²) in [6.07, 6.45) is 9.04. The molecule has 0 radical (unpaired) electrons. The zero-order chi connectivity index (χ0) is 19.1. The highest BCUT2D eigenvalue weighted by Gasteiger charge is 2.43. The molecule has 2 atom stereocenters. The number of hydrogen-bond acceptors (Lipinski definition) is 6. The summed E-state index contributed by atoms with van der Waals surface area (Å²) in [5, 5.41) is 7.96. The largest absolute Gasteiger partial charge is 0.370 e. The Morgan fingerprint density at radius 2 is 2.33 bits per heavy atom. The standard InChI is InChI=1S/C19H27N3O3S2/c1-3-15-10-16-18(26-15)4-8-25-19(16)5-6-20-17(11-19)14-12-21-22(13-14)7-9-27(2,23)24/h10,12-13,17,20H,3-9,11H2,1-2H3. The zero-order valence-corrected chi connectivity index (χ0v) is 17.5. The average molecular weight is 410 g/mol. The van der Waals surface area contributed by atoms with Crippen molar-refractivity contribution >= 4 is 21.2 Å². The number of nitrogens with one attached hydrogen (secondary N) is 1. The van der Waals surface area contributed by atoms with Gasteiger partial charge in [0.15, 0.2) is 0 Å². The number of rotatable bonds is 5. The van der Waals surface area contributed by atoms with E-state index in [1.54, 1.807) is 4.68 Å². The maximum absolute atomic E-state index is 11.4. The second kappa shape index (κ2) is 7.31. The van der Waals surface area contributed by atoms with Crippen LogP contribution < -0.4 is 5.32 Å². The minimum atomic E-state index is -2.99. The Morgan fingerprint density at radius 3 is 3.11 bits per heavy atom. The van der Waals surface area contributed by atoms with Crippen molar-refractivity contribution < 1.29 is 13.2 Å². The van der Waals surface area contributed by atoms with Crippen molar-refractivity contribution in [3.63, 3.8) is 0 Å². The third kappa shape index (κ3) is 3.99. The number of piperidine rings is 1. The van der Waals surface area contributed by atoms with Crippen molar-refractivity contribution in [2.45, 2.75) is 50.8 Å². The number of ether oxygens (including phenoxy) is 1. The third-order valence-electron chi connectivity index (χ3n) is 5.61. The number of fused-ring (bicyclic) bond motifs is 2. The average Bonchev–Trinajstić information content (AvgIpc) is 3.27. The fraction of sp³-hybridized carbons (Fsp3) is 0.632. The van der Waals surface area contributed by atoms with E-state index in [1.807, 2.05) is 23.7 Å². The van der Waals surface area contributed by atoms with E-state index in [2.05, 4.69) is 23.4 Å². The molecule has 0 aliphatic carbocycles. The van der Waals surface area contributed by atoms with Crippen LogP contribution in [0.1, 0.15) is 46.7 Å². The topological polar surface area (TPSA) is 73.2 Å². The van der Waals surface area contributed by atoms with Gasteiger partial charge in [0.05, 0.1) is 30.7 Å². The van der Waals surface area contributed by atoms with Gasteiger partial charge in [-0.05, 0) is 31.0 Å². The highest BCUT2D eigenvalue weighted by Crippen LogP contribution is 2.47. The first-order chi connectivity index (χ1) is 12.9. The zero-order valence-electron chi connectivity index (χ0n) is 15.9. The van der Waals surface area contributed by atoms with Gasteiger partial charge >= 0.3 is 0 Å². The molecule has 2 aliphatic heterocycles. The van der Waals surface area contributed by atoms with Crippen LogP contribution in [0, 0.1) is 0 Å². The first-order valence-corrected chi connectivity index (χ1v) is 12.5. The minimum Gasteiger partial charge on any atom is -0.370 e. The molecular formula is C19H27N3O3S2. The van der Waals surface area contributed by atoms with Gasteiger partial charge in [0.1, 0.15) is 9.84 Å². The van der Waals surface area contributed by atoms with Crippen molar-refractivity contribution in [1.82, 2.24) is 15.1 Å². The van der Waals surface area contributed by atoms with Crippen molar-refractivity contribution in [3.8, 4) is 0 Å². The Bertz CT molecular complexity index is 919. The molecule has 0 bridgehead atoms. The normalized spacial score (nSPS) is 25.6. The Kier molecular flexibility index (Phi) is 5.18. The predicted octanol–water partition coefficient (Wildman–Crippen LogP) is 2.44. The van der Waals surface area contributed by atoms with Crippen LogP contribution in [0.15, 0.2) is 18.5 Å². The van der Waals surface area contributed by atoms with Crippen LogP contribution in [0.5, 0.6) is 0 Å². The number of aryl methyl sites for hydroxylation is 2. The molecule has 1 fully saturated rings. The summed E-state index contributed by atoms with van der Waals surface area (Å²) < 4.78 is 30.9. The van der Waals surface area contributed by atoms with Gasteiger partial charge in [-0.15, -0.1) is 11.3 Å². The molecule has 1 spiro atoms. The van der Waals surface area contributed by atoms with E-state index in [0.29, 0.717) is 6.54 Å². The van der Waals surface area contributed by atoms with Crippen molar-refractivity contribution in [2.75, 3.05) is 25.2 Å². The van der Waals surface area contributed by atoms with E-state index in [4.69, 9.17) is 4.74 Å². The van der Waals surface area contributed by atoms with Crippen LogP contribution in [0.25, 0.3) is 0 Å². The summed E-state index contributed by atoms with van der Waals surface area (Å²) in [5.74, 6) is 0.108. The van der Waals surface area contributed by atoms with Gasteiger partial charge in [0.25, 0.3) is 0 Å². The molecule has 2 unspecified atom stereocenters. The molecule has 148 valence electrons. The summed E-state index contributed by atoms with van der Waals surface area (Å²) in [4.78, 5) is 2.93. The van der Waals surface area contributed by atoms with Crippen LogP contribution >= 0.6 is 11.3 Å². The van der Waals surface area contributed by atoms with E-state index >= 15 is 0 Å². The van der Waals surface area contributed by atoms with E-state index in [-0.39, 0.29) is 17.4 Å². The summed E-state index contributed by atoms with van der Waals surface area (Å²) in [6, 6.07) is 2.53. The van der Waals surface area contributed by atoms with Crippen molar-refractivity contribution in [2.24, 2.45) is 0 Å². The fourth-order valence-corrected chi connectivity index (χ4v) is 5.85. The number of thiophene rings is 1. The molecule has 6 nitrogen and oxygen atoms in total. The van der Waals surface area contributed by atoms with Gasteiger partial charge in [-0.3, -0.25) is 4.68 Å². The first-order valence-electron chi connectivity index (χ1n) is 9.58. The maximum atomic E-state index is 11.4. The monoisotopic (exact) mass is 409 g/mol. The Labute approximate surface area is 164 Å². The second-order valence-corrected chi connectivity index (χ2v) is 11.1. The Hall–Kier alpha value is -1.22. The van der Waals surface area contributed by atoms with Crippen molar-refractivity contribution in [3.05, 3.63) is 39.3 Å². The number of hydrogen-bond donors (Lipinski definition) is 1. The molecule has 1 N–H and O–H groups in total. The molecule has 2 aromatic heterocycles. The summed E-state index contributed by atoms with van der Waals surface area (Å²) in [6.45, 7) is 4.29. The van der Waals surface area contributed by atoms with Crippen LogP contribution in [-0.2, 0) is 39.6 Å². The lowest BCUT2D eigenvalue weighted by atomic mass is 9.78. The highest BCUT2D eigenvalue weighted by molar-refractivity contribution is 7.90. The Balaban J connectivity index is 1.54. The van der Waals surface area contributed by atoms with Gasteiger partial charge in [0, 0.05) is 46.7 Å². The summed E-state index contributed by atoms with van der Waals surface area (Å²) >= 11 is 1.94. The number of aromatic nitrogens is 2. The quantitative estimate of drug-likeness (QED) is 0.821. The van der Waals surface area contributed by atoms with E-state index < -0.39 is 9.84 Å². The van der Waals surface area contributed by atoms with Crippen LogP contribution in [0.3, 0.4) is 0 Å². The number of nitrogens with zero attached hydrogens (tertiary/aromatic N) is 2. The Morgan fingerprint density at radius 1 is 1.48 bits per heavy atom. The maximum Gasteiger partial charge on any atom is 0.149 e. The molecule has 4 heterocycles. The van der Waals surface area contributed by atoms with Gasteiger partial charge in [-0.1, -0.05) is 6.92 Å². The second-order valence-electron chi connectivity index (χ2n) is 7.62. The van der Waals surface area contributed by atoms with Crippen LogP contribution in [0.4, 0.5) is 0 Å². The van der Waals surface area contributed by atoms with Crippen LogP contribution in [-0.4, -0.2) is 43.4 Å². The number of sulfone groups is 1. The smallest absolute Gasteiger partial charge is 0.149 e. The van der Waals surface area contributed by atoms with E-state index in [9.17, 15) is 8.42 Å². The van der Waals surface area contributed by atoms with Gasteiger partial charge in [-0.25, -0.2) is 8.42 Å². The molecule has 1 saturated heterocycles. The lowest BCUT2D eigenvalue weighted by Crippen LogP contribution is -2.45.